The van der Waals surface area contributed by atoms with Crippen LogP contribution >= 0.6 is 0 Å². The van der Waals surface area contributed by atoms with E-state index in [2.05, 4.69) is 5.32 Å². The van der Waals surface area contributed by atoms with Crippen molar-refractivity contribution >= 4 is 5.91 Å². The van der Waals surface area contributed by atoms with Gasteiger partial charge in [0.05, 0.1) is 12.6 Å². The summed E-state index contributed by atoms with van der Waals surface area (Å²) < 4.78 is 0. The molecule has 1 amide bonds. The highest BCUT2D eigenvalue weighted by Crippen LogP contribution is 1.93. The van der Waals surface area contributed by atoms with Crippen molar-refractivity contribution in [2.75, 3.05) is 27.2 Å². The van der Waals surface area contributed by atoms with Crippen LogP contribution in [0.4, 0.5) is 0 Å². The third-order valence-corrected chi connectivity index (χ3v) is 1.69. The number of carbonyl (C=O) groups excluding carboxylic acids is 1. The van der Waals surface area contributed by atoms with Gasteiger partial charge in [0.15, 0.2) is 0 Å². The molecule has 0 aromatic heterocycles. The normalized spacial score (nSPS) is 12.7. The summed E-state index contributed by atoms with van der Waals surface area (Å²) in [7, 11) is 3.47. The van der Waals surface area contributed by atoms with Gasteiger partial charge < -0.3 is 15.3 Å². The molecule has 0 aliphatic rings. The molecule has 0 rings (SSSR count). The van der Waals surface area contributed by atoms with Crippen LogP contribution in [0.5, 0.6) is 0 Å². The fourth-order valence-electron chi connectivity index (χ4n) is 0.817. The number of nitrogens with zero attached hydrogens (tertiary/aromatic N) is 1. The van der Waals surface area contributed by atoms with Crippen molar-refractivity contribution in [2.45, 2.75) is 13.0 Å². The fraction of sp³-hybridized carbons (Fsp3) is 0.857. The van der Waals surface area contributed by atoms with E-state index in [1.807, 2.05) is 0 Å². The minimum atomic E-state index is -0.113. The summed E-state index contributed by atoms with van der Waals surface area (Å²) >= 11 is 0. The highest BCUT2D eigenvalue weighted by Gasteiger charge is 2.14. The van der Waals surface area contributed by atoms with Gasteiger partial charge in [0.2, 0.25) is 5.91 Å². The summed E-state index contributed by atoms with van der Waals surface area (Å²) in [6.45, 7) is 2.10. The maximum absolute atomic E-state index is 10.8. The Morgan fingerprint density at radius 2 is 2.27 bits per heavy atom. The lowest BCUT2D eigenvalue weighted by molar-refractivity contribution is -0.130. The van der Waals surface area contributed by atoms with Gasteiger partial charge in [-0.05, 0) is 7.05 Å². The van der Waals surface area contributed by atoms with Crippen molar-refractivity contribution in [1.82, 2.24) is 10.2 Å². The smallest absolute Gasteiger partial charge is 0.219 e. The molecule has 0 spiro atoms. The minimum absolute atomic E-state index is 0.00306. The van der Waals surface area contributed by atoms with Crippen LogP contribution in [0.1, 0.15) is 6.92 Å². The first-order chi connectivity index (χ1) is 5.13. The van der Waals surface area contributed by atoms with Crippen LogP contribution in [0.25, 0.3) is 0 Å². The summed E-state index contributed by atoms with van der Waals surface area (Å²) in [5.41, 5.74) is 0. The largest absolute Gasteiger partial charge is 0.394 e. The molecule has 1 unspecified atom stereocenters. The van der Waals surface area contributed by atoms with Gasteiger partial charge in [-0.1, -0.05) is 0 Å². The SMILES string of the molecule is CNCC(CO)N(C)C(C)=O. The van der Waals surface area contributed by atoms with Crippen LogP contribution in [-0.4, -0.2) is 49.2 Å². The molecule has 0 aliphatic heterocycles. The Kier molecular flexibility index (Phi) is 4.81. The van der Waals surface area contributed by atoms with Gasteiger partial charge in [-0.15, -0.1) is 0 Å². The Bertz CT molecular complexity index is 128. The number of likely N-dealkylation sites (N-methyl/N-ethyl adjacent to an activating group) is 2. The van der Waals surface area contributed by atoms with Crippen LogP contribution in [-0.2, 0) is 4.79 Å². The second kappa shape index (κ2) is 5.09. The summed E-state index contributed by atoms with van der Waals surface area (Å²) in [6.07, 6.45) is 0. The third kappa shape index (κ3) is 3.34. The molecule has 0 radical (unpaired) electrons. The van der Waals surface area contributed by atoms with E-state index in [0.717, 1.165) is 0 Å². The fourth-order valence-corrected chi connectivity index (χ4v) is 0.817. The Morgan fingerprint density at radius 1 is 1.73 bits per heavy atom. The van der Waals surface area contributed by atoms with Crippen LogP contribution in [0, 0.1) is 0 Å². The summed E-state index contributed by atoms with van der Waals surface area (Å²) in [5, 5.41) is 11.7. The molecule has 4 nitrogen and oxygen atoms in total. The summed E-state index contributed by atoms with van der Waals surface area (Å²) in [4.78, 5) is 12.3. The van der Waals surface area contributed by atoms with E-state index in [4.69, 9.17) is 5.11 Å². The van der Waals surface area contributed by atoms with Gasteiger partial charge in [-0.3, -0.25) is 4.79 Å². The summed E-state index contributed by atoms with van der Waals surface area (Å²) in [6, 6.07) is -0.113. The van der Waals surface area contributed by atoms with E-state index in [0.29, 0.717) is 6.54 Å². The van der Waals surface area contributed by atoms with Crippen molar-refractivity contribution in [3.05, 3.63) is 0 Å². The second-order valence-corrected chi connectivity index (χ2v) is 2.52. The van der Waals surface area contributed by atoms with Crippen LogP contribution < -0.4 is 5.32 Å². The molecule has 0 aliphatic carbocycles. The average molecular weight is 160 g/mol. The van der Waals surface area contributed by atoms with E-state index < -0.39 is 0 Å². The maximum Gasteiger partial charge on any atom is 0.219 e. The predicted octanol–water partition coefficient (Wildman–Crippen LogP) is -0.955. The second-order valence-electron chi connectivity index (χ2n) is 2.52. The number of hydrogen-bond donors (Lipinski definition) is 2. The van der Waals surface area contributed by atoms with Gasteiger partial charge in [0.25, 0.3) is 0 Å². The number of aliphatic hydroxyl groups excluding tert-OH is 1. The molecular weight excluding hydrogens is 144 g/mol. The van der Waals surface area contributed by atoms with Gasteiger partial charge in [-0.25, -0.2) is 0 Å². The third-order valence-electron chi connectivity index (χ3n) is 1.69. The monoisotopic (exact) mass is 160 g/mol. The Morgan fingerprint density at radius 3 is 2.55 bits per heavy atom. The lowest BCUT2D eigenvalue weighted by Gasteiger charge is -2.24. The highest BCUT2D eigenvalue weighted by molar-refractivity contribution is 5.73. The van der Waals surface area contributed by atoms with Gasteiger partial charge in [-0.2, -0.15) is 0 Å². The zero-order valence-corrected chi connectivity index (χ0v) is 7.29. The number of amides is 1. The Balaban J connectivity index is 3.91. The molecule has 0 saturated carbocycles. The molecule has 1 atom stereocenters. The van der Waals surface area contributed by atoms with E-state index >= 15 is 0 Å². The number of aliphatic hydroxyl groups is 1. The molecule has 2 N–H and O–H groups in total. The topological polar surface area (TPSA) is 52.6 Å². The van der Waals surface area contributed by atoms with E-state index in [-0.39, 0.29) is 18.6 Å². The predicted molar refractivity (Wildman–Crippen MR) is 43.2 cm³/mol. The number of carbonyl (C=O) groups is 1. The van der Waals surface area contributed by atoms with Crippen molar-refractivity contribution in [3.8, 4) is 0 Å². The zero-order valence-electron chi connectivity index (χ0n) is 7.29. The van der Waals surface area contributed by atoms with Gasteiger partial charge in [0, 0.05) is 20.5 Å². The van der Waals surface area contributed by atoms with Crippen molar-refractivity contribution in [3.63, 3.8) is 0 Å². The number of nitrogens with one attached hydrogen (secondary N) is 1. The van der Waals surface area contributed by atoms with Crippen LogP contribution in [0.3, 0.4) is 0 Å². The van der Waals surface area contributed by atoms with Crippen LogP contribution in [0.15, 0.2) is 0 Å². The first-order valence-corrected chi connectivity index (χ1v) is 3.62. The Hall–Kier alpha value is -0.610. The Labute approximate surface area is 67.2 Å². The zero-order chi connectivity index (χ0) is 8.85. The quantitative estimate of drug-likeness (QED) is 0.557. The maximum atomic E-state index is 10.8. The van der Waals surface area contributed by atoms with E-state index in [1.165, 1.54) is 11.8 Å². The minimum Gasteiger partial charge on any atom is -0.394 e. The highest BCUT2D eigenvalue weighted by atomic mass is 16.3. The number of hydrogen-bond acceptors (Lipinski definition) is 3. The molecule has 0 fully saturated rings. The number of rotatable bonds is 4. The molecule has 66 valence electrons. The van der Waals surface area contributed by atoms with Crippen molar-refractivity contribution < 1.29 is 9.90 Å². The van der Waals surface area contributed by atoms with Crippen LogP contribution in [0.2, 0.25) is 0 Å². The molecule has 4 heteroatoms. The lowest BCUT2D eigenvalue weighted by Crippen LogP contribution is -2.43. The molecular formula is C7H16N2O2. The molecule has 0 bridgehead atoms. The standard InChI is InChI=1S/C7H16N2O2/c1-6(11)9(3)7(5-10)4-8-2/h7-8,10H,4-5H2,1-3H3. The van der Waals surface area contributed by atoms with Crippen molar-refractivity contribution in [2.24, 2.45) is 0 Å². The average Bonchev–Trinajstić information content (AvgIpc) is 1.98. The molecule has 0 saturated heterocycles. The first-order valence-electron chi connectivity index (χ1n) is 3.62. The molecule has 0 aromatic carbocycles. The first kappa shape index (κ1) is 10.4. The molecule has 0 aromatic rings. The van der Waals surface area contributed by atoms with Gasteiger partial charge >= 0.3 is 0 Å². The molecule has 0 heterocycles. The van der Waals surface area contributed by atoms with E-state index in [9.17, 15) is 4.79 Å². The molecule has 11 heavy (non-hydrogen) atoms. The van der Waals surface area contributed by atoms with E-state index in [1.54, 1.807) is 14.1 Å². The van der Waals surface area contributed by atoms with Crippen molar-refractivity contribution in [1.29, 1.82) is 0 Å². The summed E-state index contributed by atoms with van der Waals surface area (Å²) in [5.74, 6) is -0.0284. The van der Waals surface area contributed by atoms with Gasteiger partial charge in [0.1, 0.15) is 0 Å². The lowest BCUT2D eigenvalue weighted by atomic mass is 10.3.